The van der Waals surface area contributed by atoms with Gasteiger partial charge in [-0.15, -0.1) is 0 Å². The van der Waals surface area contributed by atoms with Gasteiger partial charge in [-0.3, -0.25) is 4.79 Å². The molecule has 102 valence electrons. The van der Waals surface area contributed by atoms with Gasteiger partial charge in [-0.25, -0.2) is 0 Å². The van der Waals surface area contributed by atoms with Gasteiger partial charge in [0.2, 0.25) is 5.91 Å². The standard InChI is InChI=1S/C16H16N2O2/c1-2-20-15-10-6-5-9-14(15)18-11-16(19)17-12-7-3-4-8-13(12)18/h3-10H,2,11H2,1H3,(H,17,19). The van der Waals surface area contributed by atoms with Crippen LogP contribution in [0, 0.1) is 0 Å². The summed E-state index contributed by atoms with van der Waals surface area (Å²) in [6, 6.07) is 15.6. The highest BCUT2D eigenvalue weighted by atomic mass is 16.5. The van der Waals surface area contributed by atoms with E-state index in [0.29, 0.717) is 13.2 Å². The van der Waals surface area contributed by atoms with Gasteiger partial charge in [-0.2, -0.15) is 0 Å². The summed E-state index contributed by atoms with van der Waals surface area (Å²) in [4.78, 5) is 13.9. The van der Waals surface area contributed by atoms with E-state index in [4.69, 9.17) is 4.74 Å². The molecule has 1 heterocycles. The number of ether oxygens (including phenoxy) is 1. The van der Waals surface area contributed by atoms with Crippen LogP contribution in [0.15, 0.2) is 48.5 Å². The average Bonchev–Trinajstić information content (AvgIpc) is 2.47. The van der Waals surface area contributed by atoms with Crippen LogP contribution in [-0.4, -0.2) is 19.1 Å². The van der Waals surface area contributed by atoms with Gasteiger partial charge in [0.1, 0.15) is 12.3 Å². The zero-order valence-corrected chi connectivity index (χ0v) is 11.3. The number of carbonyl (C=O) groups is 1. The Balaban J connectivity index is 2.08. The summed E-state index contributed by atoms with van der Waals surface area (Å²) in [5.74, 6) is 0.773. The molecule has 4 nitrogen and oxygen atoms in total. The summed E-state index contributed by atoms with van der Waals surface area (Å²) >= 11 is 0. The van der Waals surface area contributed by atoms with Crippen molar-refractivity contribution in [3.8, 4) is 5.75 Å². The number of anilines is 3. The van der Waals surface area contributed by atoms with E-state index < -0.39 is 0 Å². The van der Waals surface area contributed by atoms with E-state index in [1.54, 1.807) is 0 Å². The van der Waals surface area contributed by atoms with Crippen molar-refractivity contribution < 1.29 is 9.53 Å². The Labute approximate surface area is 118 Å². The van der Waals surface area contributed by atoms with E-state index in [0.717, 1.165) is 22.8 Å². The van der Waals surface area contributed by atoms with Crippen molar-refractivity contribution in [2.24, 2.45) is 0 Å². The van der Waals surface area contributed by atoms with Gasteiger partial charge in [-0.1, -0.05) is 24.3 Å². The molecule has 1 aliphatic heterocycles. The summed E-state index contributed by atoms with van der Waals surface area (Å²) in [6.45, 7) is 2.84. The molecule has 0 atom stereocenters. The van der Waals surface area contributed by atoms with Crippen molar-refractivity contribution in [3.63, 3.8) is 0 Å². The number of hydrogen-bond acceptors (Lipinski definition) is 3. The summed E-state index contributed by atoms with van der Waals surface area (Å²) in [5.41, 5.74) is 2.73. The SMILES string of the molecule is CCOc1ccccc1N1CC(=O)Nc2ccccc21. The minimum atomic E-state index is -0.0185. The number of hydrogen-bond donors (Lipinski definition) is 1. The second-order valence-corrected chi connectivity index (χ2v) is 4.55. The number of amides is 1. The Hall–Kier alpha value is -2.49. The van der Waals surface area contributed by atoms with Crippen molar-refractivity contribution in [2.45, 2.75) is 6.92 Å². The van der Waals surface area contributed by atoms with Crippen LogP contribution in [0.2, 0.25) is 0 Å². The van der Waals surface area contributed by atoms with Gasteiger partial charge in [0.25, 0.3) is 0 Å². The molecule has 0 radical (unpaired) electrons. The monoisotopic (exact) mass is 268 g/mol. The predicted molar refractivity (Wildman–Crippen MR) is 79.7 cm³/mol. The zero-order chi connectivity index (χ0) is 13.9. The lowest BCUT2D eigenvalue weighted by Gasteiger charge is -2.31. The Morgan fingerprint density at radius 2 is 1.80 bits per heavy atom. The third kappa shape index (κ3) is 2.20. The maximum absolute atomic E-state index is 11.9. The molecule has 0 spiro atoms. The van der Waals surface area contributed by atoms with Crippen LogP contribution in [0.3, 0.4) is 0 Å². The quantitative estimate of drug-likeness (QED) is 0.929. The van der Waals surface area contributed by atoms with Crippen LogP contribution in [0.4, 0.5) is 17.1 Å². The van der Waals surface area contributed by atoms with E-state index in [2.05, 4.69) is 5.32 Å². The van der Waals surface area contributed by atoms with Gasteiger partial charge in [0, 0.05) is 0 Å². The van der Waals surface area contributed by atoms with Gasteiger partial charge in [0.05, 0.1) is 23.7 Å². The molecular weight excluding hydrogens is 252 g/mol. The first-order valence-electron chi connectivity index (χ1n) is 6.68. The molecule has 0 unspecified atom stereocenters. The van der Waals surface area contributed by atoms with E-state index in [-0.39, 0.29) is 5.91 Å². The minimum absolute atomic E-state index is 0.0185. The fourth-order valence-corrected chi connectivity index (χ4v) is 2.41. The number of fused-ring (bicyclic) bond motifs is 1. The lowest BCUT2D eigenvalue weighted by Crippen LogP contribution is -2.35. The normalized spacial score (nSPS) is 13.7. The summed E-state index contributed by atoms with van der Waals surface area (Å²) in [6.07, 6.45) is 0. The van der Waals surface area contributed by atoms with Crippen molar-refractivity contribution in [1.82, 2.24) is 0 Å². The Bertz CT molecular complexity index is 640. The summed E-state index contributed by atoms with van der Waals surface area (Å²) in [5, 5.41) is 2.89. The summed E-state index contributed by atoms with van der Waals surface area (Å²) in [7, 11) is 0. The molecular formula is C16H16N2O2. The fourth-order valence-electron chi connectivity index (χ4n) is 2.41. The molecule has 0 saturated carbocycles. The van der Waals surface area contributed by atoms with Crippen LogP contribution in [0.25, 0.3) is 0 Å². The van der Waals surface area contributed by atoms with E-state index in [1.165, 1.54) is 0 Å². The second-order valence-electron chi connectivity index (χ2n) is 4.55. The summed E-state index contributed by atoms with van der Waals surface area (Å²) < 4.78 is 5.67. The molecule has 1 N–H and O–H groups in total. The number of rotatable bonds is 3. The van der Waals surface area contributed by atoms with Crippen LogP contribution in [0.5, 0.6) is 5.75 Å². The molecule has 0 saturated heterocycles. The van der Waals surface area contributed by atoms with Crippen molar-refractivity contribution in [1.29, 1.82) is 0 Å². The Morgan fingerprint density at radius 3 is 2.60 bits per heavy atom. The number of nitrogens with one attached hydrogen (secondary N) is 1. The third-order valence-corrected chi connectivity index (χ3v) is 3.23. The van der Waals surface area contributed by atoms with Gasteiger partial charge < -0.3 is 15.0 Å². The second kappa shape index (κ2) is 5.25. The van der Waals surface area contributed by atoms with E-state index in [9.17, 15) is 4.79 Å². The molecule has 0 bridgehead atoms. The predicted octanol–water partition coefficient (Wildman–Crippen LogP) is 3.18. The average molecular weight is 268 g/mol. The van der Waals surface area contributed by atoms with Crippen molar-refractivity contribution in [3.05, 3.63) is 48.5 Å². The molecule has 4 heteroatoms. The van der Waals surface area contributed by atoms with E-state index in [1.807, 2.05) is 60.4 Å². The van der Waals surface area contributed by atoms with E-state index >= 15 is 0 Å². The molecule has 0 aromatic heterocycles. The maximum atomic E-state index is 11.9. The third-order valence-electron chi connectivity index (χ3n) is 3.23. The molecule has 0 fully saturated rings. The van der Waals surface area contributed by atoms with Gasteiger partial charge in [-0.05, 0) is 31.2 Å². The first kappa shape index (κ1) is 12.5. The topological polar surface area (TPSA) is 41.6 Å². The molecule has 0 aliphatic carbocycles. The highest BCUT2D eigenvalue weighted by Crippen LogP contribution is 2.39. The minimum Gasteiger partial charge on any atom is -0.492 e. The number of para-hydroxylation sites is 4. The lowest BCUT2D eigenvalue weighted by atomic mass is 10.1. The molecule has 2 aromatic carbocycles. The first-order chi connectivity index (χ1) is 9.79. The fraction of sp³-hybridized carbons (Fsp3) is 0.188. The zero-order valence-electron chi connectivity index (χ0n) is 11.3. The molecule has 2 aromatic rings. The number of carbonyl (C=O) groups excluding carboxylic acids is 1. The van der Waals surface area contributed by atoms with Crippen LogP contribution in [0.1, 0.15) is 6.92 Å². The highest BCUT2D eigenvalue weighted by molar-refractivity contribution is 6.03. The largest absolute Gasteiger partial charge is 0.492 e. The van der Waals surface area contributed by atoms with Crippen LogP contribution in [-0.2, 0) is 4.79 Å². The molecule has 3 rings (SSSR count). The van der Waals surface area contributed by atoms with Crippen molar-refractivity contribution >= 4 is 23.0 Å². The van der Waals surface area contributed by atoms with Crippen LogP contribution >= 0.6 is 0 Å². The van der Waals surface area contributed by atoms with Gasteiger partial charge in [0.15, 0.2) is 0 Å². The van der Waals surface area contributed by atoms with Crippen LogP contribution < -0.4 is 15.0 Å². The molecule has 1 aliphatic rings. The highest BCUT2D eigenvalue weighted by Gasteiger charge is 2.24. The number of nitrogens with zero attached hydrogens (tertiary/aromatic N) is 1. The molecule has 20 heavy (non-hydrogen) atoms. The number of benzene rings is 2. The lowest BCUT2D eigenvalue weighted by molar-refractivity contribution is -0.115. The molecule has 1 amide bonds. The smallest absolute Gasteiger partial charge is 0.244 e. The Kier molecular flexibility index (Phi) is 3.29. The van der Waals surface area contributed by atoms with Crippen molar-refractivity contribution in [2.75, 3.05) is 23.4 Å². The Morgan fingerprint density at radius 1 is 1.10 bits per heavy atom. The van der Waals surface area contributed by atoms with Gasteiger partial charge >= 0.3 is 0 Å². The maximum Gasteiger partial charge on any atom is 0.244 e. The first-order valence-corrected chi connectivity index (χ1v) is 6.68.